The summed E-state index contributed by atoms with van der Waals surface area (Å²) in [5.41, 5.74) is 0. The Morgan fingerprint density at radius 2 is 2.08 bits per heavy atom. The molecule has 138 valence electrons. The lowest BCUT2D eigenvalue weighted by atomic mass is 10.0. The maximum atomic E-state index is 13.0. The van der Waals surface area contributed by atoms with Gasteiger partial charge >= 0.3 is 6.03 Å². The van der Waals surface area contributed by atoms with Crippen molar-refractivity contribution in [1.29, 1.82) is 0 Å². The third kappa shape index (κ3) is 4.54. The highest BCUT2D eigenvalue weighted by Gasteiger charge is 2.30. The molecule has 1 aromatic rings. The summed E-state index contributed by atoms with van der Waals surface area (Å²) in [7, 11) is 3.90. The summed E-state index contributed by atoms with van der Waals surface area (Å²) in [6, 6.07) is 3.92. The molecule has 1 unspecified atom stereocenters. The Bertz CT molecular complexity index is 581. The van der Waals surface area contributed by atoms with Crippen LogP contribution in [-0.2, 0) is 11.3 Å². The molecule has 2 aliphatic rings. The monoisotopic (exact) mass is 348 g/mol. The van der Waals surface area contributed by atoms with Crippen molar-refractivity contribution in [1.82, 2.24) is 20.0 Å². The van der Waals surface area contributed by atoms with Gasteiger partial charge in [0.05, 0.1) is 12.8 Å². The van der Waals surface area contributed by atoms with Gasteiger partial charge < -0.3 is 24.4 Å². The number of carbonyl (C=O) groups is 2. The predicted molar refractivity (Wildman–Crippen MR) is 94.0 cm³/mol. The first kappa shape index (κ1) is 17.8. The first-order chi connectivity index (χ1) is 12.0. The van der Waals surface area contributed by atoms with E-state index < -0.39 is 0 Å². The summed E-state index contributed by atoms with van der Waals surface area (Å²) in [5.74, 6) is 0.943. The van der Waals surface area contributed by atoms with E-state index in [-0.39, 0.29) is 24.0 Å². The van der Waals surface area contributed by atoms with Gasteiger partial charge in [-0.1, -0.05) is 0 Å². The largest absolute Gasteiger partial charge is 0.467 e. The van der Waals surface area contributed by atoms with E-state index in [9.17, 15) is 9.59 Å². The van der Waals surface area contributed by atoms with Crippen molar-refractivity contribution in [2.24, 2.45) is 0 Å². The summed E-state index contributed by atoms with van der Waals surface area (Å²) in [6.45, 7) is 3.04. The molecule has 7 heteroatoms. The number of amides is 3. The zero-order chi connectivity index (χ0) is 17.8. The second-order valence-electron chi connectivity index (χ2n) is 7.20. The highest BCUT2D eigenvalue weighted by molar-refractivity contribution is 5.78. The standard InChI is InChI=1S/C18H28N4O3/c1-20-9-7-15(8-10-20)22(13-16-4-3-11-25-16)18(24)19-14-5-6-17(23)21(2)12-14/h3-4,11,14-15H,5-10,12-13H2,1-2H3,(H,19,24). The number of rotatable bonds is 4. The number of urea groups is 1. The van der Waals surface area contributed by atoms with Gasteiger partial charge in [-0.05, 0) is 51.5 Å². The van der Waals surface area contributed by atoms with Crippen LogP contribution in [0.2, 0.25) is 0 Å². The Morgan fingerprint density at radius 3 is 2.72 bits per heavy atom. The van der Waals surface area contributed by atoms with Crippen molar-refractivity contribution in [2.75, 3.05) is 33.7 Å². The van der Waals surface area contributed by atoms with Crippen LogP contribution in [0.5, 0.6) is 0 Å². The minimum absolute atomic E-state index is 0.0144. The molecule has 1 N–H and O–H groups in total. The van der Waals surface area contributed by atoms with Crippen LogP contribution in [0.1, 0.15) is 31.4 Å². The maximum Gasteiger partial charge on any atom is 0.318 e. The molecule has 3 heterocycles. The Labute approximate surface area is 148 Å². The number of nitrogens with one attached hydrogen (secondary N) is 1. The van der Waals surface area contributed by atoms with Gasteiger partial charge in [0.1, 0.15) is 5.76 Å². The zero-order valence-corrected chi connectivity index (χ0v) is 15.1. The lowest BCUT2D eigenvalue weighted by Crippen LogP contribution is -2.55. The summed E-state index contributed by atoms with van der Waals surface area (Å²) < 4.78 is 5.46. The fourth-order valence-electron chi connectivity index (χ4n) is 3.63. The lowest BCUT2D eigenvalue weighted by Gasteiger charge is -2.38. The number of carbonyl (C=O) groups excluding carboxylic acids is 2. The van der Waals surface area contributed by atoms with E-state index >= 15 is 0 Å². The molecule has 1 aromatic heterocycles. The van der Waals surface area contributed by atoms with Crippen molar-refractivity contribution in [3.8, 4) is 0 Å². The van der Waals surface area contributed by atoms with Gasteiger partial charge in [0.15, 0.2) is 0 Å². The number of likely N-dealkylation sites (tertiary alicyclic amines) is 2. The molecule has 1 atom stereocenters. The highest BCUT2D eigenvalue weighted by Crippen LogP contribution is 2.20. The van der Waals surface area contributed by atoms with Gasteiger partial charge in [0.2, 0.25) is 5.91 Å². The molecular weight excluding hydrogens is 320 g/mol. The predicted octanol–water partition coefficient (Wildman–Crippen LogP) is 1.51. The zero-order valence-electron chi connectivity index (χ0n) is 15.1. The molecule has 2 fully saturated rings. The van der Waals surface area contributed by atoms with Crippen molar-refractivity contribution in [3.63, 3.8) is 0 Å². The SMILES string of the molecule is CN1CCC(N(Cc2ccco2)C(=O)NC2CCC(=O)N(C)C2)CC1. The number of hydrogen-bond donors (Lipinski definition) is 1. The van der Waals surface area contributed by atoms with Gasteiger partial charge in [-0.15, -0.1) is 0 Å². The van der Waals surface area contributed by atoms with E-state index in [1.807, 2.05) is 17.0 Å². The number of piperidine rings is 2. The molecule has 0 bridgehead atoms. The van der Waals surface area contributed by atoms with E-state index in [0.717, 1.165) is 31.7 Å². The van der Waals surface area contributed by atoms with Crippen LogP contribution in [0.15, 0.2) is 22.8 Å². The van der Waals surface area contributed by atoms with E-state index in [2.05, 4.69) is 17.3 Å². The maximum absolute atomic E-state index is 13.0. The van der Waals surface area contributed by atoms with Gasteiger partial charge in [-0.3, -0.25) is 4.79 Å². The summed E-state index contributed by atoms with van der Waals surface area (Å²) in [6.07, 6.45) is 4.77. The molecule has 0 aliphatic carbocycles. The average molecular weight is 348 g/mol. The molecule has 25 heavy (non-hydrogen) atoms. The lowest BCUT2D eigenvalue weighted by molar-refractivity contribution is -0.132. The van der Waals surface area contributed by atoms with Gasteiger partial charge in [0, 0.05) is 32.1 Å². The Hall–Kier alpha value is -2.02. The van der Waals surface area contributed by atoms with Crippen molar-refractivity contribution in [2.45, 2.75) is 44.3 Å². The summed E-state index contributed by atoms with van der Waals surface area (Å²) in [4.78, 5) is 30.5. The number of furan rings is 1. The summed E-state index contributed by atoms with van der Waals surface area (Å²) >= 11 is 0. The molecular formula is C18H28N4O3. The normalized spacial score (nSPS) is 22.9. The third-order valence-corrected chi connectivity index (χ3v) is 5.25. The molecule has 2 aliphatic heterocycles. The smallest absolute Gasteiger partial charge is 0.318 e. The van der Waals surface area contributed by atoms with E-state index in [0.29, 0.717) is 25.9 Å². The number of hydrogen-bond acceptors (Lipinski definition) is 4. The van der Waals surface area contributed by atoms with Crippen LogP contribution >= 0.6 is 0 Å². The molecule has 0 spiro atoms. The van der Waals surface area contributed by atoms with Crippen molar-refractivity contribution in [3.05, 3.63) is 24.2 Å². The molecule has 3 rings (SSSR count). The van der Waals surface area contributed by atoms with Crippen LogP contribution in [0.4, 0.5) is 4.79 Å². The van der Waals surface area contributed by atoms with E-state index in [1.54, 1.807) is 18.2 Å². The first-order valence-electron chi connectivity index (χ1n) is 9.05. The first-order valence-corrected chi connectivity index (χ1v) is 9.05. The third-order valence-electron chi connectivity index (χ3n) is 5.25. The minimum atomic E-state index is -0.0568. The second-order valence-corrected chi connectivity index (χ2v) is 7.20. The van der Waals surface area contributed by atoms with Gasteiger partial charge in [-0.25, -0.2) is 4.79 Å². The van der Waals surface area contributed by atoms with E-state index in [4.69, 9.17) is 4.42 Å². The Morgan fingerprint density at radius 1 is 1.32 bits per heavy atom. The van der Waals surface area contributed by atoms with Crippen LogP contribution in [0.25, 0.3) is 0 Å². The molecule has 2 saturated heterocycles. The quantitative estimate of drug-likeness (QED) is 0.895. The number of nitrogens with zero attached hydrogens (tertiary/aromatic N) is 3. The van der Waals surface area contributed by atoms with Crippen LogP contribution in [0, 0.1) is 0 Å². The molecule has 3 amide bonds. The van der Waals surface area contributed by atoms with Gasteiger partial charge in [-0.2, -0.15) is 0 Å². The van der Waals surface area contributed by atoms with E-state index in [1.165, 1.54) is 0 Å². The Kier molecular flexibility index (Phi) is 5.63. The van der Waals surface area contributed by atoms with Crippen molar-refractivity contribution < 1.29 is 14.0 Å². The van der Waals surface area contributed by atoms with Gasteiger partial charge in [0.25, 0.3) is 0 Å². The summed E-state index contributed by atoms with van der Waals surface area (Å²) in [5, 5.41) is 3.13. The van der Waals surface area contributed by atoms with Crippen LogP contribution < -0.4 is 5.32 Å². The van der Waals surface area contributed by atoms with Crippen LogP contribution in [0.3, 0.4) is 0 Å². The highest BCUT2D eigenvalue weighted by atomic mass is 16.3. The topological polar surface area (TPSA) is 69.0 Å². The van der Waals surface area contributed by atoms with Crippen molar-refractivity contribution >= 4 is 11.9 Å². The number of likely N-dealkylation sites (N-methyl/N-ethyl adjacent to an activating group) is 1. The molecule has 0 aromatic carbocycles. The molecule has 7 nitrogen and oxygen atoms in total. The molecule has 0 radical (unpaired) electrons. The average Bonchev–Trinajstić information content (AvgIpc) is 3.10. The second kappa shape index (κ2) is 7.91. The fraction of sp³-hybridized carbons (Fsp3) is 0.667. The minimum Gasteiger partial charge on any atom is -0.467 e. The van der Waals surface area contributed by atoms with Crippen LogP contribution in [-0.4, -0.2) is 72.5 Å². The fourth-order valence-corrected chi connectivity index (χ4v) is 3.63. The molecule has 0 saturated carbocycles. The Balaban J connectivity index is 1.65.